The van der Waals surface area contributed by atoms with Crippen LogP contribution in [0.1, 0.15) is 18.4 Å². The summed E-state index contributed by atoms with van der Waals surface area (Å²) >= 11 is 2.34. The zero-order chi connectivity index (χ0) is 17.6. The number of benzene rings is 1. The van der Waals surface area contributed by atoms with E-state index >= 15 is 0 Å². The summed E-state index contributed by atoms with van der Waals surface area (Å²) < 4.78 is 11.6. The first-order valence-electron chi connectivity index (χ1n) is 8.08. The van der Waals surface area contributed by atoms with Crippen LogP contribution in [0.5, 0.6) is 0 Å². The maximum absolute atomic E-state index is 12.8. The lowest BCUT2D eigenvalue weighted by atomic mass is 9.95. The van der Waals surface area contributed by atoms with E-state index in [2.05, 4.69) is 16.4 Å². The Hall–Kier alpha value is -1.28. The van der Waals surface area contributed by atoms with Crippen molar-refractivity contribution in [1.29, 1.82) is 0 Å². The zero-order valence-corrected chi connectivity index (χ0v) is 16.4. The van der Waals surface area contributed by atoms with E-state index in [1.54, 1.807) is 12.5 Å². The number of aromatic nitrogens is 1. The predicted octanol–water partition coefficient (Wildman–Crippen LogP) is 4.05. The van der Waals surface area contributed by atoms with E-state index in [9.17, 15) is 9.35 Å². The molecule has 1 atom stereocenters. The van der Waals surface area contributed by atoms with E-state index in [-0.39, 0.29) is 5.91 Å². The third kappa shape index (κ3) is 5.10. The molecule has 0 radical (unpaired) electrons. The number of allylic oxidation sites excluding steroid dienone is 1. The summed E-state index contributed by atoms with van der Waals surface area (Å²) in [5.74, 6) is 2.55. The maximum Gasteiger partial charge on any atom is 0.257 e. The molecule has 2 heterocycles. The lowest BCUT2D eigenvalue weighted by molar-refractivity contribution is -0.111. The molecular formula is C18H20N2O2S3. The molecule has 0 saturated carbocycles. The highest BCUT2D eigenvalue weighted by atomic mass is 32.2. The highest BCUT2D eigenvalue weighted by Gasteiger charge is 2.19. The number of nitrogens with one attached hydrogen (secondary N) is 1. The van der Waals surface area contributed by atoms with Gasteiger partial charge in [-0.2, -0.15) is 11.8 Å². The number of thiazole rings is 1. The number of carbonyl (C=O) groups excluding carboxylic acids is 1. The molecule has 1 amide bonds. The van der Waals surface area contributed by atoms with E-state index in [4.69, 9.17) is 0 Å². The van der Waals surface area contributed by atoms with Gasteiger partial charge < -0.3 is 4.55 Å². The lowest BCUT2D eigenvalue weighted by Gasteiger charge is -2.19. The standard InChI is InChI=1S/C18H20N2O2S3/c1-25(22)15-4-2-14(3-5-15)16(12-13-6-9-23-10-7-13)17(21)20-18-19-8-11-24-18/h2-5,8,11-13H,6-7,9-10H2,1H3,(H,19,20,21)/b16-12+. The van der Waals surface area contributed by atoms with Crippen molar-refractivity contribution in [3.05, 3.63) is 47.5 Å². The van der Waals surface area contributed by atoms with Crippen molar-refractivity contribution in [1.82, 2.24) is 4.98 Å². The summed E-state index contributed by atoms with van der Waals surface area (Å²) in [4.78, 5) is 17.7. The summed E-state index contributed by atoms with van der Waals surface area (Å²) in [6.45, 7) is 0. The molecule has 1 aromatic carbocycles. The van der Waals surface area contributed by atoms with Crippen LogP contribution in [0.3, 0.4) is 0 Å². The van der Waals surface area contributed by atoms with Gasteiger partial charge in [-0.1, -0.05) is 6.08 Å². The van der Waals surface area contributed by atoms with Crippen LogP contribution in [0.15, 0.2) is 46.8 Å². The predicted molar refractivity (Wildman–Crippen MR) is 108 cm³/mol. The fourth-order valence-corrected chi connectivity index (χ4v) is 4.88. The van der Waals surface area contributed by atoms with Crippen LogP contribution in [0.2, 0.25) is 0 Å². The second kappa shape index (κ2) is 8.89. The van der Waals surface area contributed by atoms with E-state index < -0.39 is 11.2 Å². The van der Waals surface area contributed by atoms with Gasteiger partial charge in [0.25, 0.3) is 5.91 Å². The van der Waals surface area contributed by atoms with Crippen molar-refractivity contribution in [2.45, 2.75) is 17.7 Å². The highest BCUT2D eigenvalue weighted by Crippen LogP contribution is 2.28. The molecule has 25 heavy (non-hydrogen) atoms. The van der Waals surface area contributed by atoms with Gasteiger partial charge >= 0.3 is 0 Å². The minimum Gasteiger partial charge on any atom is -0.612 e. The molecule has 1 aromatic heterocycles. The summed E-state index contributed by atoms with van der Waals surface area (Å²) in [7, 11) is 0. The van der Waals surface area contributed by atoms with Crippen molar-refractivity contribution < 1.29 is 9.35 Å². The van der Waals surface area contributed by atoms with Crippen LogP contribution in [-0.4, -0.2) is 33.2 Å². The smallest absolute Gasteiger partial charge is 0.257 e. The molecular weight excluding hydrogens is 372 g/mol. The number of rotatable bonds is 5. The number of thioether (sulfide) groups is 1. The first kappa shape index (κ1) is 18.5. The third-order valence-electron chi connectivity index (χ3n) is 4.06. The first-order valence-corrected chi connectivity index (χ1v) is 11.7. The molecule has 0 bridgehead atoms. The monoisotopic (exact) mass is 392 g/mol. The molecule has 132 valence electrons. The second-order valence-corrected chi connectivity index (χ2v) is 9.30. The van der Waals surface area contributed by atoms with Crippen molar-refractivity contribution in [2.24, 2.45) is 5.92 Å². The maximum atomic E-state index is 12.8. The Morgan fingerprint density at radius 3 is 2.64 bits per heavy atom. The Labute approximate surface area is 159 Å². The molecule has 1 aliphatic rings. The van der Waals surface area contributed by atoms with Gasteiger partial charge in [0.1, 0.15) is 6.26 Å². The molecule has 7 heteroatoms. The molecule has 3 rings (SSSR count). The van der Waals surface area contributed by atoms with Gasteiger partial charge in [0, 0.05) is 17.2 Å². The van der Waals surface area contributed by atoms with Crippen LogP contribution in [0.4, 0.5) is 5.13 Å². The van der Waals surface area contributed by atoms with Crippen LogP contribution in [0, 0.1) is 5.92 Å². The molecule has 2 aromatic rings. The van der Waals surface area contributed by atoms with Crippen molar-refractivity contribution in [2.75, 3.05) is 23.1 Å². The van der Waals surface area contributed by atoms with Crippen LogP contribution < -0.4 is 5.32 Å². The van der Waals surface area contributed by atoms with E-state index in [0.29, 0.717) is 16.6 Å². The Balaban J connectivity index is 1.87. The molecule has 1 saturated heterocycles. The largest absolute Gasteiger partial charge is 0.612 e. The highest BCUT2D eigenvalue weighted by molar-refractivity contribution is 7.99. The minimum absolute atomic E-state index is 0.140. The lowest BCUT2D eigenvalue weighted by Crippen LogP contribution is -2.16. The Morgan fingerprint density at radius 1 is 1.32 bits per heavy atom. The zero-order valence-electron chi connectivity index (χ0n) is 13.9. The molecule has 1 unspecified atom stereocenters. The summed E-state index contributed by atoms with van der Waals surface area (Å²) in [6.07, 6.45) is 7.61. The first-order chi connectivity index (χ1) is 12.1. The summed E-state index contributed by atoms with van der Waals surface area (Å²) in [5, 5.41) is 5.32. The minimum atomic E-state index is -1.02. The average Bonchev–Trinajstić information content (AvgIpc) is 3.13. The van der Waals surface area contributed by atoms with E-state index in [1.807, 2.05) is 41.4 Å². The van der Waals surface area contributed by atoms with Gasteiger partial charge in [-0.05, 0) is 71.3 Å². The summed E-state index contributed by atoms with van der Waals surface area (Å²) in [5.41, 5.74) is 1.52. The fraction of sp³-hybridized carbons (Fsp3) is 0.333. The van der Waals surface area contributed by atoms with Crippen molar-refractivity contribution in [3.8, 4) is 0 Å². The van der Waals surface area contributed by atoms with Gasteiger partial charge in [-0.3, -0.25) is 10.1 Å². The number of amides is 1. The summed E-state index contributed by atoms with van der Waals surface area (Å²) in [6, 6.07) is 7.41. The number of hydrogen-bond acceptors (Lipinski definition) is 5. The van der Waals surface area contributed by atoms with Crippen LogP contribution in [0.25, 0.3) is 5.57 Å². The second-order valence-electron chi connectivity index (χ2n) is 5.80. The molecule has 1 aliphatic heterocycles. The third-order valence-corrected chi connectivity index (χ3v) is 6.74. The van der Waals surface area contributed by atoms with Gasteiger partial charge in [0.2, 0.25) is 0 Å². The molecule has 1 N–H and O–H groups in total. The molecule has 1 fully saturated rings. The van der Waals surface area contributed by atoms with E-state index in [0.717, 1.165) is 34.8 Å². The number of nitrogens with zero attached hydrogens (tertiary/aromatic N) is 1. The SMILES string of the molecule is C[S+]([O-])c1ccc(/C(=C\C2CCSCC2)C(=O)Nc2nccs2)cc1. The van der Waals surface area contributed by atoms with Gasteiger partial charge in [-0.25, -0.2) is 4.98 Å². The van der Waals surface area contributed by atoms with Crippen molar-refractivity contribution in [3.63, 3.8) is 0 Å². The normalized spacial score (nSPS) is 17.3. The fourth-order valence-electron chi connectivity index (χ4n) is 2.70. The van der Waals surface area contributed by atoms with Crippen LogP contribution >= 0.6 is 23.1 Å². The van der Waals surface area contributed by atoms with Gasteiger partial charge in [-0.15, -0.1) is 11.3 Å². The van der Waals surface area contributed by atoms with Crippen LogP contribution in [-0.2, 0) is 16.0 Å². The van der Waals surface area contributed by atoms with E-state index in [1.165, 1.54) is 11.3 Å². The topological polar surface area (TPSA) is 65.0 Å². The molecule has 0 aliphatic carbocycles. The molecule has 4 nitrogen and oxygen atoms in total. The van der Waals surface area contributed by atoms with Gasteiger partial charge in [0.15, 0.2) is 10.0 Å². The quantitative estimate of drug-likeness (QED) is 0.616. The van der Waals surface area contributed by atoms with Crippen molar-refractivity contribution >= 4 is 50.9 Å². The average molecular weight is 393 g/mol. The molecule has 0 spiro atoms. The number of carbonyl (C=O) groups is 1. The number of anilines is 1. The number of hydrogen-bond donors (Lipinski definition) is 1. The Kier molecular flexibility index (Phi) is 6.58. The van der Waals surface area contributed by atoms with Gasteiger partial charge in [0.05, 0.1) is 0 Å². The Morgan fingerprint density at radius 2 is 2.04 bits per heavy atom. The Bertz CT molecular complexity index is 721.